The highest BCUT2D eigenvalue weighted by molar-refractivity contribution is 5.86. The van der Waals surface area contributed by atoms with Gasteiger partial charge in [0, 0.05) is 31.8 Å². The number of carbonyl (C=O) groups is 1. The highest BCUT2D eigenvalue weighted by Gasteiger charge is 2.37. The number of rotatable bonds is 3. The Labute approximate surface area is 102 Å². The van der Waals surface area contributed by atoms with Gasteiger partial charge in [0.05, 0.1) is 12.1 Å². The Morgan fingerprint density at radius 3 is 2.65 bits per heavy atom. The van der Waals surface area contributed by atoms with Gasteiger partial charge >= 0.3 is 0 Å². The molecular weight excluding hydrogens is 220 g/mol. The maximum atomic E-state index is 12.2. The fourth-order valence-electron chi connectivity index (χ4n) is 2.38. The molecule has 0 spiro atoms. The maximum Gasteiger partial charge on any atom is 0.240 e. The third-order valence-electron chi connectivity index (χ3n) is 3.87. The predicted molar refractivity (Wildman–Crippen MR) is 63.5 cm³/mol. The van der Waals surface area contributed by atoms with E-state index in [9.17, 15) is 4.79 Å². The summed E-state index contributed by atoms with van der Waals surface area (Å²) in [5, 5.41) is 3.03. The molecule has 5 nitrogen and oxygen atoms in total. The smallest absolute Gasteiger partial charge is 0.240 e. The van der Waals surface area contributed by atoms with Crippen LogP contribution in [0.5, 0.6) is 0 Å². The summed E-state index contributed by atoms with van der Waals surface area (Å²) in [7, 11) is 0. The lowest BCUT2D eigenvalue weighted by atomic mass is 9.89. The molecule has 0 saturated carbocycles. The molecule has 2 aliphatic rings. The number of ether oxygens (including phenoxy) is 2. The summed E-state index contributed by atoms with van der Waals surface area (Å²) >= 11 is 0. The van der Waals surface area contributed by atoms with Gasteiger partial charge in [0.2, 0.25) is 5.91 Å². The lowest BCUT2D eigenvalue weighted by molar-refractivity contribution is -0.130. The lowest BCUT2D eigenvalue weighted by Gasteiger charge is -2.33. The molecular formula is C12H22N2O3. The molecule has 2 atom stereocenters. The molecule has 2 aliphatic heterocycles. The van der Waals surface area contributed by atoms with Crippen molar-refractivity contribution in [1.29, 1.82) is 0 Å². The molecule has 2 rings (SSSR count). The fourth-order valence-corrected chi connectivity index (χ4v) is 2.38. The van der Waals surface area contributed by atoms with Gasteiger partial charge in [-0.05, 0) is 26.2 Å². The molecule has 5 heteroatoms. The molecule has 2 saturated heterocycles. The Morgan fingerprint density at radius 2 is 2.06 bits per heavy atom. The summed E-state index contributed by atoms with van der Waals surface area (Å²) in [6, 6.07) is 0.133. The minimum Gasteiger partial charge on any atom is -0.381 e. The van der Waals surface area contributed by atoms with Crippen molar-refractivity contribution in [3.8, 4) is 0 Å². The monoisotopic (exact) mass is 242 g/mol. The highest BCUT2D eigenvalue weighted by atomic mass is 16.5. The summed E-state index contributed by atoms with van der Waals surface area (Å²) in [6.07, 6.45) is 2.22. The summed E-state index contributed by atoms with van der Waals surface area (Å²) in [4.78, 5) is 12.2. The molecule has 98 valence electrons. The lowest BCUT2D eigenvalue weighted by Crippen LogP contribution is -2.59. The van der Waals surface area contributed by atoms with E-state index in [-0.39, 0.29) is 11.9 Å². The van der Waals surface area contributed by atoms with E-state index in [1.54, 1.807) is 0 Å². The number of carbonyl (C=O) groups excluding carboxylic acids is 1. The van der Waals surface area contributed by atoms with Gasteiger partial charge in [0.25, 0.3) is 0 Å². The van der Waals surface area contributed by atoms with E-state index >= 15 is 0 Å². The molecule has 0 bridgehead atoms. The van der Waals surface area contributed by atoms with Gasteiger partial charge in [-0.25, -0.2) is 0 Å². The van der Waals surface area contributed by atoms with Crippen LogP contribution in [0, 0.1) is 5.92 Å². The second-order valence-electron chi connectivity index (χ2n) is 5.15. The second kappa shape index (κ2) is 5.33. The second-order valence-corrected chi connectivity index (χ2v) is 5.15. The molecule has 2 fully saturated rings. The Hall–Kier alpha value is -0.650. The number of hydrogen-bond donors (Lipinski definition) is 2. The molecule has 2 heterocycles. The van der Waals surface area contributed by atoms with Crippen molar-refractivity contribution in [3.63, 3.8) is 0 Å². The highest BCUT2D eigenvalue weighted by Crippen LogP contribution is 2.20. The summed E-state index contributed by atoms with van der Waals surface area (Å²) in [5.74, 6) is 0.377. The molecule has 0 aromatic heterocycles. The topological polar surface area (TPSA) is 73.6 Å². The van der Waals surface area contributed by atoms with E-state index in [4.69, 9.17) is 15.2 Å². The maximum absolute atomic E-state index is 12.2. The first kappa shape index (κ1) is 12.8. The Morgan fingerprint density at radius 1 is 1.35 bits per heavy atom. The van der Waals surface area contributed by atoms with Crippen molar-refractivity contribution in [1.82, 2.24) is 5.32 Å². The Kier molecular flexibility index (Phi) is 4.01. The molecule has 3 N–H and O–H groups in total. The Bertz CT molecular complexity index is 271. The van der Waals surface area contributed by atoms with Crippen LogP contribution in [0.1, 0.15) is 26.2 Å². The van der Waals surface area contributed by atoms with E-state index in [1.165, 1.54) is 0 Å². The van der Waals surface area contributed by atoms with Gasteiger partial charge in [-0.3, -0.25) is 4.79 Å². The van der Waals surface area contributed by atoms with Gasteiger partial charge in [0.1, 0.15) is 0 Å². The average molecular weight is 242 g/mol. The zero-order valence-corrected chi connectivity index (χ0v) is 10.4. The fraction of sp³-hybridized carbons (Fsp3) is 0.917. The quantitative estimate of drug-likeness (QED) is 0.732. The van der Waals surface area contributed by atoms with Crippen LogP contribution in [0.3, 0.4) is 0 Å². The SMILES string of the molecule is CC(NC(=O)C1(N)CCOCC1)C1CCOC1. The summed E-state index contributed by atoms with van der Waals surface area (Å²) in [6.45, 7) is 4.71. The van der Waals surface area contributed by atoms with Crippen molar-refractivity contribution in [2.45, 2.75) is 37.8 Å². The van der Waals surface area contributed by atoms with Gasteiger partial charge < -0.3 is 20.5 Å². The van der Waals surface area contributed by atoms with Crippen molar-refractivity contribution in [3.05, 3.63) is 0 Å². The van der Waals surface area contributed by atoms with Crippen LogP contribution < -0.4 is 11.1 Å². The van der Waals surface area contributed by atoms with E-state index < -0.39 is 5.54 Å². The van der Waals surface area contributed by atoms with E-state index in [0.717, 1.165) is 19.6 Å². The van der Waals surface area contributed by atoms with E-state index in [0.29, 0.717) is 32.0 Å². The summed E-state index contributed by atoms with van der Waals surface area (Å²) < 4.78 is 10.6. The number of hydrogen-bond acceptors (Lipinski definition) is 4. The average Bonchev–Trinajstić information content (AvgIpc) is 2.83. The first-order valence-corrected chi connectivity index (χ1v) is 6.37. The van der Waals surface area contributed by atoms with Crippen molar-refractivity contribution < 1.29 is 14.3 Å². The van der Waals surface area contributed by atoms with Crippen LogP contribution in [-0.2, 0) is 14.3 Å². The zero-order chi connectivity index (χ0) is 12.3. The normalized spacial score (nSPS) is 29.9. The van der Waals surface area contributed by atoms with Crippen LogP contribution in [0.2, 0.25) is 0 Å². The first-order chi connectivity index (χ1) is 8.12. The minimum absolute atomic E-state index is 0.0415. The van der Waals surface area contributed by atoms with Gasteiger partial charge in [-0.2, -0.15) is 0 Å². The molecule has 1 amide bonds. The van der Waals surface area contributed by atoms with Crippen LogP contribution in [-0.4, -0.2) is 43.9 Å². The molecule has 0 radical (unpaired) electrons. The van der Waals surface area contributed by atoms with Crippen LogP contribution in [0.4, 0.5) is 0 Å². The number of nitrogens with two attached hydrogens (primary N) is 1. The van der Waals surface area contributed by atoms with Gasteiger partial charge in [0.15, 0.2) is 0 Å². The molecule has 2 unspecified atom stereocenters. The number of nitrogens with one attached hydrogen (secondary N) is 1. The first-order valence-electron chi connectivity index (χ1n) is 6.37. The van der Waals surface area contributed by atoms with E-state index in [2.05, 4.69) is 5.32 Å². The minimum atomic E-state index is -0.744. The largest absolute Gasteiger partial charge is 0.381 e. The van der Waals surface area contributed by atoms with Gasteiger partial charge in [-0.1, -0.05) is 0 Å². The molecule has 17 heavy (non-hydrogen) atoms. The Balaban J connectivity index is 1.86. The van der Waals surface area contributed by atoms with Crippen LogP contribution in [0.25, 0.3) is 0 Å². The standard InChI is InChI=1S/C12H22N2O3/c1-9(10-2-5-17-8-10)14-11(15)12(13)3-6-16-7-4-12/h9-10H,2-8,13H2,1H3,(H,14,15). The zero-order valence-electron chi connectivity index (χ0n) is 10.4. The van der Waals surface area contributed by atoms with Crippen LogP contribution >= 0.6 is 0 Å². The predicted octanol–water partition coefficient (Wildman–Crippen LogP) is 0.0355. The van der Waals surface area contributed by atoms with Crippen molar-refractivity contribution in [2.75, 3.05) is 26.4 Å². The van der Waals surface area contributed by atoms with Gasteiger partial charge in [-0.15, -0.1) is 0 Å². The molecule has 0 aliphatic carbocycles. The van der Waals surface area contributed by atoms with Crippen LogP contribution in [0.15, 0.2) is 0 Å². The molecule has 0 aromatic rings. The van der Waals surface area contributed by atoms with Crippen molar-refractivity contribution in [2.24, 2.45) is 11.7 Å². The number of amides is 1. The third kappa shape index (κ3) is 2.97. The van der Waals surface area contributed by atoms with E-state index in [1.807, 2.05) is 6.92 Å². The third-order valence-corrected chi connectivity index (χ3v) is 3.87. The summed E-state index contributed by atoms with van der Waals surface area (Å²) in [5.41, 5.74) is 5.38. The molecule has 0 aromatic carbocycles. The van der Waals surface area contributed by atoms with Crippen molar-refractivity contribution >= 4 is 5.91 Å².